The maximum absolute atomic E-state index is 13.7. The third-order valence-electron chi connectivity index (χ3n) is 7.06. The lowest BCUT2D eigenvalue weighted by atomic mass is 9.57. The van der Waals surface area contributed by atoms with Crippen LogP contribution in [0.1, 0.15) is 17.5 Å². The molecule has 3 aliphatic carbocycles. The van der Waals surface area contributed by atoms with Crippen LogP contribution >= 0.6 is 0 Å². The van der Waals surface area contributed by atoms with Crippen LogP contribution in [0.25, 0.3) is 5.76 Å². The van der Waals surface area contributed by atoms with Gasteiger partial charge in [0.2, 0.25) is 5.78 Å². The molecule has 4 atom stereocenters. The van der Waals surface area contributed by atoms with Crippen molar-refractivity contribution in [1.82, 2.24) is 4.90 Å². The summed E-state index contributed by atoms with van der Waals surface area (Å²) in [5, 5.41) is 43.9. The number of anilines is 1. The molecule has 6 N–H and O–H groups in total. The number of ketones is 2. The van der Waals surface area contributed by atoms with E-state index >= 15 is 0 Å². The number of nitrogens with two attached hydrogens (primary N) is 1. The highest BCUT2D eigenvalue weighted by atomic mass is 16.3. The number of carbonyl (C=O) groups excluding carboxylic acids is 3. The predicted molar refractivity (Wildman–Crippen MR) is 119 cm³/mol. The molecule has 1 fully saturated rings. The minimum absolute atomic E-state index is 0.0638. The Balaban J connectivity index is 1.99. The number of hydrogen-bond acceptors (Lipinski definition) is 9. The molecular formula is C23H27N3O7. The second-order valence-electron chi connectivity index (χ2n) is 9.31. The highest BCUT2D eigenvalue weighted by Gasteiger charge is 2.64. The number of nitrogens with zero attached hydrogens (tertiary/aromatic N) is 2. The van der Waals surface area contributed by atoms with Crippen LogP contribution in [0.4, 0.5) is 5.69 Å². The number of carbonyl (C=O) groups is 3. The monoisotopic (exact) mass is 457 g/mol. The molecule has 1 amide bonds. The fraction of sp³-hybridized carbons (Fsp3) is 0.435. The van der Waals surface area contributed by atoms with Gasteiger partial charge in [0, 0.05) is 31.3 Å². The zero-order chi connectivity index (χ0) is 24.6. The molecular weight excluding hydrogens is 430 g/mol. The van der Waals surface area contributed by atoms with Crippen LogP contribution in [-0.4, -0.2) is 82.6 Å². The molecule has 0 heterocycles. The maximum Gasteiger partial charge on any atom is 0.255 e. The smallest absolute Gasteiger partial charge is 0.255 e. The van der Waals surface area contributed by atoms with Gasteiger partial charge in [-0.2, -0.15) is 0 Å². The summed E-state index contributed by atoms with van der Waals surface area (Å²) in [7, 11) is 6.75. The summed E-state index contributed by atoms with van der Waals surface area (Å²) >= 11 is 0. The standard InChI is InChI=1S/C23H27N3O7/c1-25(2)12-5-6-13(27)15-10(12)7-9-8-11-17(26(3)4)19(29)16(22(24)32)21(31)23(11,33)20(30)14(9)18(15)28/h5-6,9,11,17,27-28,31,33H,7-8H2,1-4H3,(H2,24,32)/t9-,11+,17?,23+/m1/s1. The topological polar surface area (TPSA) is 165 Å². The second kappa shape index (κ2) is 7.32. The Morgan fingerprint density at radius 2 is 1.76 bits per heavy atom. The first kappa shape index (κ1) is 22.8. The van der Waals surface area contributed by atoms with Gasteiger partial charge >= 0.3 is 0 Å². The van der Waals surface area contributed by atoms with Crippen molar-refractivity contribution in [3.8, 4) is 5.75 Å². The van der Waals surface area contributed by atoms with Crippen molar-refractivity contribution in [3.63, 3.8) is 0 Å². The fourth-order valence-corrected chi connectivity index (χ4v) is 5.65. The largest absolute Gasteiger partial charge is 0.508 e. The van der Waals surface area contributed by atoms with Gasteiger partial charge in [0.15, 0.2) is 11.4 Å². The van der Waals surface area contributed by atoms with Crippen LogP contribution in [0.5, 0.6) is 5.75 Å². The number of aromatic hydroxyl groups is 1. The van der Waals surface area contributed by atoms with Crippen LogP contribution < -0.4 is 10.6 Å². The molecule has 0 spiro atoms. The number of fused-ring (bicyclic) bond motifs is 3. The predicted octanol–water partition coefficient (Wildman–Crippen LogP) is 0.0300. The van der Waals surface area contributed by atoms with Crippen LogP contribution in [0.15, 0.2) is 29.0 Å². The van der Waals surface area contributed by atoms with E-state index in [1.54, 1.807) is 20.2 Å². The third-order valence-corrected chi connectivity index (χ3v) is 7.06. The van der Waals surface area contributed by atoms with Crippen molar-refractivity contribution >= 4 is 28.9 Å². The van der Waals surface area contributed by atoms with Gasteiger partial charge in [0.1, 0.15) is 22.8 Å². The molecule has 1 aromatic carbocycles. The van der Waals surface area contributed by atoms with Gasteiger partial charge in [-0.15, -0.1) is 0 Å². The average Bonchev–Trinajstić information content (AvgIpc) is 2.70. The van der Waals surface area contributed by atoms with E-state index in [0.717, 1.165) is 5.69 Å². The summed E-state index contributed by atoms with van der Waals surface area (Å²) in [5.41, 5.74) is 3.15. The number of Topliss-reactive ketones (excluding diaryl/α,β-unsaturated/α-hetero) is 2. The van der Waals surface area contributed by atoms with Gasteiger partial charge in [-0.05, 0) is 50.6 Å². The van der Waals surface area contributed by atoms with Gasteiger partial charge in [0.05, 0.1) is 11.6 Å². The van der Waals surface area contributed by atoms with Crippen molar-refractivity contribution in [2.24, 2.45) is 17.6 Å². The van der Waals surface area contributed by atoms with Gasteiger partial charge in [-0.25, -0.2) is 0 Å². The number of aliphatic hydroxyl groups excluding tert-OH is 2. The lowest BCUT2D eigenvalue weighted by Crippen LogP contribution is -2.65. The molecule has 33 heavy (non-hydrogen) atoms. The van der Waals surface area contributed by atoms with Crippen molar-refractivity contribution in [2.45, 2.75) is 24.5 Å². The first-order chi connectivity index (χ1) is 15.3. The number of primary amides is 1. The molecule has 1 unspecified atom stereocenters. The SMILES string of the molecule is CN(C)c1ccc(O)c2c1C[C@@H]1C[C@H]3C(N(C)C)C(=O)C(C(N)=O)=C(O)[C@@]3(O)C(=O)C1=C2O. The van der Waals surface area contributed by atoms with E-state index in [1.165, 1.54) is 11.0 Å². The second-order valence-corrected chi connectivity index (χ2v) is 9.31. The van der Waals surface area contributed by atoms with Gasteiger partial charge in [0.25, 0.3) is 5.91 Å². The van der Waals surface area contributed by atoms with E-state index in [0.29, 0.717) is 5.56 Å². The number of hydrogen-bond donors (Lipinski definition) is 5. The number of aliphatic hydroxyl groups is 3. The molecule has 4 rings (SSSR count). The molecule has 10 heteroatoms. The Hall–Kier alpha value is -3.37. The fourth-order valence-electron chi connectivity index (χ4n) is 5.65. The van der Waals surface area contributed by atoms with Crippen molar-refractivity contribution in [1.29, 1.82) is 0 Å². The van der Waals surface area contributed by atoms with Crippen LogP contribution in [0.2, 0.25) is 0 Å². The van der Waals surface area contributed by atoms with Gasteiger partial charge < -0.3 is 31.1 Å². The van der Waals surface area contributed by atoms with E-state index in [9.17, 15) is 34.8 Å². The van der Waals surface area contributed by atoms with Crippen LogP contribution in [0, 0.1) is 11.8 Å². The molecule has 0 saturated heterocycles. The van der Waals surface area contributed by atoms with Gasteiger partial charge in [-0.3, -0.25) is 19.3 Å². The van der Waals surface area contributed by atoms with Gasteiger partial charge in [-0.1, -0.05) is 0 Å². The minimum Gasteiger partial charge on any atom is -0.508 e. The quantitative estimate of drug-likeness (QED) is 0.394. The maximum atomic E-state index is 13.7. The van der Waals surface area contributed by atoms with Crippen molar-refractivity contribution in [3.05, 3.63) is 40.2 Å². The van der Waals surface area contributed by atoms with E-state index in [1.807, 2.05) is 19.0 Å². The lowest BCUT2D eigenvalue weighted by molar-refractivity contribution is -0.153. The molecule has 0 bridgehead atoms. The van der Waals surface area contributed by atoms with E-state index in [2.05, 4.69) is 0 Å². The third kappa shape index (κ3) is 2.90. The minimum atomic E-state index is -2.63. The normalized spacial score (nSPS) is 29.1. The zero-order valence-corrected chi connectivity index (χ0v) is 18.8. The lowest BCUT2D eigenvalue weighted by Gasteiger charge is -2.50. The molecule has 0 radical (unpaired) electrons. The van der Waals surface area contributed by atoms with E-state index < -0.39 is 58.0 Å². The van der Waals surface area contributed by atoms with E-state index in [4.69, 9.17) is 5.73 Å². The number of phenolic OH excluding ortho intramolecular Hbond substituents is 1. The summed E-state index contributed by atoms with van der Waals surface area (Å²) in [5.74, 6) is -6.54. The molecule has 1 aromatic rings. The molecule has 176 valence electrons. The number of phenols is 1. The molecule has 0 aromatic heterocycles. The number of likely N-dealkylation sites (N-methyl/N-ethyl adjacent to an activating group) is 1. The van der Waals surface area contributed by atoms with E-state index in [-0.39, 0.29) is 29.7 Å². The summed E-state index contributed by atoms with van der Waals surface area (Å²) in [6.45, 7) is 0. The number of benzene rings is 1. The summed E-state index contributed by atoms with van der Waals surface area (Å²) in [6, 6.07) is 2.01. The Morgan fingerprint density at radius 3 is 2.30 bits per heavy atom. The summed E-state index contributed by atoms with van der Waals surface area (Å²) in [4.78, 5) is 42.0. The highest BCUT2D eigenvalue weighted by Crippen LogP contribution is 2.53. The molecule has 10 nitrogen and oxygen atoms in total. The highest BCUT2D eigenvalue weighted by molar-refractivity contribution is 6.24. The number of rotatable bonds is 3. The Bertz CT molecular complexity index is 1170. The summed E-state index contributed by atoms with van der Waals surface area (Å²) < 4.78 is 0. The van der Waals surface area contributed by atoms with Crippen molar-refractivity contribution < 1.29 is 34.8 Å². The zero-order valence-electron chi connectivity index (χ0n) is 18.8. The van der Waals surface area contributed by atoms with Crippen LogP contribution in [-0.2, 0) is 20.8 Å². The Morgan fingerprint density at radius 1 is 1.12 bits per heavy atom. The Kier molecular flexibility index (Phi) is 5.06. The molecule has 3 aliphatic rings. The molecule has 1 saturated carbocycles. The van der Waals surface area contributed by atoms with Crippen LogP contribution in [0.3, 0.4) is 0 Å². The first-order valence-electron chi connectivity index (χ1n) is 10.5. The number of amides is 1. The first-order valence-corrected chi connectivity index (χ1v) is 10.5. The summed E-state index contributed by atoms with van der Waals surface area (Å²) in [6.07, 6.45) is 0.324. The average molecular weight is 457 g/mol. The van der Waals surface area contributed by atoms with Crippen molar-refractivity contribution in [2.75, 3.05) is 33.1 Å². The molecule has 0 aliphatic heterocycles. The Labute approximate surface area is 190 Å².